The van der Waals surface area contributed by atoms with Crippen molar-refractivity contribution in [3.05, 3.63) is 30.1 Å². The number of likely N-dealkylation sites (N-methyl/N-ethyl adjacent to an activating group) is 1. The van der Waals surface area contributed by atoms with Gasteiger partial charge in [-0.15, -0.1) is 0 Å². The van der Waals surface area contributed by atoms with Crippen molar-refractivity contribution in [2.45, 2.75) is 32.1 Å². The van der Waals surface area contributed by atoms with Crippen LogP contribution in [0, 0.1) is 11.3 Å². The molecule has 1 aliphatic heterocycles. The lowest BCUT2D eigenvalue weighted by Gasteiger charge is -2.37. The van der Waals surface area contributed by atoms with Crippen LogP contribution in [0.5, 0.6) is 0 Å². The van der Waals surface area contributed by atoms with Gasteiger partial charge in [-0.25, -0.2) is 0 Å². The SMILES string of the molecule is CN(CCc1ccccn1)C(=O)CNC(=O)[C@@]12CCCC[C@H]1CNC2. The van der Waals surface area contributed by atoms with E-state index in [-0.39, 0.29) is 23.8 Å². The summed E-state index contributed by atoms with van der Waals surface area (Å²) in [5.74, 6) is 0.408. The van der Waals surface area contributed by atoms with E-state index in [1.807, 2.05) is 18.2 Å². The Labute approximate surface area is 149 Å². The van der Waals surface area contributed by atoms with Crippen molar-refractivity contribution in [2.75, 3.05) is 33.2 Å². The second kappa shape index (κ2) is 7.95. The standard InChI is InChI=1S/C19H28N4O2/c1-23(11-8-16-7-3-5-10-21-16)17(24)13-22-18(25)19-9-4-2-6-15(19)12-20-14-19/h3,5,7,10,15,20H,2,4,6,8-9,11-14H2,1H3,(H,22,25)/t15-,19+/m0/s1. The third-order valence-electron chi connectivity index (χ3n) is 5.75. The van der Waals surface area contributed by atoms with Gasteiger partial charge >= 0.3 is 0 Å². The molecule has 0 bridgehead atoms. The number of nitrogens with zero attached hydrogens (tertiary/aromatic N) is 2. The quantitative estimate of drug-likeness (QED) is 0.807. The van der Waals surface area contributed by atoms with Gasteiger partial charge in [0.1, 0.15) is 0 Å². The molecule has 2 fully saturated rings. The Hall–Kier alpha value is -1.95. The van der Waals surface area contributed by atoms with E-state index in [4.69, 9.17) is 0 Å². The van der Waals surface area contributed by atoms with Gasteiger partial charge < -0.3 is 15.5 Å². The molecule has 0 radical (unpaired) electrons. The molecule has 1 saturated heterocycles. The summed E-state index contributed by atoms with van der Waals surface area (Å²) in [7, 11) is 1.77. The van der Waals surface area contributed by atoms with Crippen LogP contribution in [-0.4, -0.2) is 54.9 Å². The lowest BCUT2D eigenvalue weighted by Crippen LogP contribution is -2.50. The number of aromatic nitrogens is 1. The van der Waals surface area contributed by atoms with Crippen LogP contribution in [0.1, 0.15) is 31.4 Å². The summed E-state index contributed by atoms with van der Waals surface area (Å²) in [6.45, 7) is 2.34. The number of hydrogen-bond acceptors (Lipinski definition) is 4. The van der Waals surface area contributed by atoms with Crippen LogP contribution in [0.4, 0.5) is 0 Å². The van der Waals surface area contributed by atoms with Crippen molar-refractivity contribution in [1.29, 1.82) is 0 Å². The molecule has 2 atom stereocenters. The first-order valence-electron chi connectivity index (χ1n) is 9.25. The zero-order chi connectivity index (χ0) is 17.7. The number of carbonyl (C=O) groups excluding carboxylic acids is 2. The second-order valence-electron chi connectivity index (χ2n) is 7.30. The third-order valence-corrected chi connectivity index (χ3v) is 5.75. The van der Waals surface area contributed by atoms with Crippen molar-refractivity contribution in [2.24, 2.45) is 11.3 Å². The zero-order valence-electron chi connectivity index (χ0n) is 15.0. The van der Waals surface area contributed by atoms with E-state index in [0.717, 1.165) is 38.0 Å². The Morgan fingerprint density at radius 1 is 1.40 bits per heavy atom. The van der Waals surface area contributed by atoms with Crippen LogP contribution in [-0.2, 0) is 16.0 Å². The number of rotatable bonds is 6. The maximum absolute atomic E-state index is 12.8. The fraction of sp³-hybridized carbons (Fsp3) is 0.632. The van der Waals surface area contributed by atoms with Gasteiger partial charge in [0.25, 0.3) is 0 Å². The molecule has 0 spiro atoms. The Kier molecular flexibility index (Phi) is 5.68. The highest BCUT2D eigenvalue weighted by atomic mass is 16.2. The molecule has 1 aromatic rings. The molecule has 1 aromatic heterocycles. The summed E-state index contributed by atoms with van der Waals surface area (Å²) >= 11 is 0. The van der Waals surface area contributed by atoms with Gasteiger partial charge in [0, 0.05) is 38.4 Å². The minimum absolute atomic E-state index is 0.0497. The molecule has 25 heavy (non-hydrogen) atoms. The van der Waals surface area contributed by atoms with Gasteiger partial charge in [0.15, 0.2) is 0 Å². The number of nitrogens with one attached hydrogen (secondary N) is 2. The second-order valence-corrected chi connectivity index (χ2v) is 7.30. The Morgan fingerprint density at radius 2 is 2.28 bits per heavy atom. The van der Waals surface area contributed by atoms with Gasteiger partial charge in [-0.05, 0) is 37.4 Å². The number of carbonyl (C=O) groups is 2. The monoisotopic (exact) mass is 344 g/mol. The van der Waals surface area contributed by atoms with E-state index in [1.54, 1.807) is 18.1 Å². The summed E-state index contributed by atoms with van der Waals surface area (Å²) in [6, 6.07) is 5.78. The molecule has 2 N–H and O–H groups in total. The lowest BCUT2D eigenvalue weighted by atomic mass is 9.67. The van der Waals surface area contributed by atoms with Crippen molar-refractivity contribution >= 4 is 11.8 Å². The highest BCUT2D eigenvalue weighted by molar-refractivity contribution is 5.88. The van der Waals surface area contributed by atoms with Crippen LogP contribution >= 0.6 is 0 Å². The Bertz CT molecular complexity index is 607. The van der Waals surface area contributed by atoms with Gasteiger partial charge in [-0.1, -0.05) is 18.9 Å². The fourth-order valence-corrected chi connectivity index (χ4v) is 4.11. The molecular weight excluding hydrogens is 316 g/mol. The van der Waals surface area contributed by atoms with Crippen LogP contribution in [0.2, 0.25) is 0 Å². The number of hydrogen-bond donors (Lipinski definition) is 2. The van der Waals surface area contributed by atoms with Gasteiger partial charge in [-0.3, -0.25) is 14.6 Å². The maximum Gasteiger partial charge on any atom is 0.241 e. The average molecular weight is 344 g/mol. The minimum Gasteiger partial charge on any atom is -0.346 e. The first kappa shape index (κ1) is 17.9. The van der Waals surface area contributed by atoms with E-state index < -0.39 is 0 Å². The first-order chi connectivity index (χ1) is 12.1. The summed E-state index contributed by atoms with van der Waals surface area (Å²) in [6.07, 6.45) is 6.82. The molecule has 1 aliphatic carbocycles. The van der Waals surface area contributed by atoms with Crippen LogP contribution in [0.3, 0.4) is 0 Å². The minimum atomic E-state index is -0.301. The largest absolute Gasteiger partial charge is 0.346 e. The van der Waals surface area contributed by atoms with E-state index in [1.165, 1.54) is 6.42 Å². The predicted octanol–water partition coefficient (Wildman–Crippen LogP) is 0.979. The van der Waals surface area contributed by atoms with Crippen molar-refractivity contribution in [1.82, 2.24) is 20.5 Å². The normalized spacial score (nSPS) is 25.2. The topological polar surface area (TPSA) is 74.3 Å². The van der Waals surface area contributed by atoms with Crippen molar-refractivity contribution in [3.8, 4) is 0 Å². The molecule has 2 aliphatic rings. The van der Waals surface area contributed by atoms with Crippen LogP contribution < -0.4 is 10.6 Å². The average Bonchev–Trinajstić information content (AvgIpc) is 3.10. The maximum atomic E-state index is 12.8. The fourth-order valence-electron chi connectivity index (χ4n) is 4.11. The summed E-state index contributed by atoms with van der Waals surface area (Å²) in [5, 5.41) is 6.28. The molecule has 2 amide bonds. The summed E-state index contributed by atoms with van der Waals surface area (Å²) in [5.41, 5.74) is 0.664. The van der Waals surface area contributed by atoms with E-state index in [0.29, 0.717) is 18.9 Å². The molecule has 1 saturated carbocycles. The number of amides is 2. The summed E-state index contributed by atoms with van der Waals surface area (Å²) in [4.78, 5) is 31.0. The smallest absolute Gasteiger partial charge is 0.241 e. The summed E-state index contributed by atoms with van der Waals surface area (Å²) < 4.78 is 0. The van der Waals surface area contributed by atoms with Crippen LogP contribution in [0.25, 0.3) is 0 Å². The predicted molar refractivity (Wildman–Crippen MR) is 95.8 cm³/mol. The van der Waals surface area contributed by atoms with Crippen molar-refractivity contribution < 1.29 is 9.59 Å². The lowest BCUT2D eigenvalue weighted by molar-refractivity contribution is -0.137. The third kappa shape index (κ3) is 4.00. The van der Waals surface area contributed by atoms with Gasteiger partial charge in [0.05, 0.1) is 12.0 Å². The number of pyridine rings is 1. The zero-order valence-corrected chi connectivity index (χ0v) is 15.0. The molecule has 0 unspecified atom stereocenters. The highest BCUT2D eigenvalue weighted by Gasteiger charge is 2.49. The van der Waals surface area contributed by atoms with E-state index in [9.17, 15) is 9.59 Å². The number of fused-ring (bicyclic) bond motifs is 1. The van der Waals surface area contributed by atoms with Gasteiger partial charge in [0.2, 0.25) is 11.8 Å². The molecular formula is C19H28N4O2. The van der Waals surface area contributed by atoms with Crippen LogP contribution in [0.15, 0.2) is 24.4 Å². The molecule has 0 aromatic carbocycles. The molecule has 3 rings (SSSR count). The molecule has 2 heterocycles. The Balaban J connectivity index is 1.47. The first-order valence-corrected chi connectivity index (χ1v) is 9.25. The Morgan fingerprint density at radius 3 is 3.08 bits per heavy atom. The van der Waals surface area contributed by atoms with E-state index in [2.05, 4.69) is 15.6 Å². The van der Waals surface area contributed by atoms with Crippen molar-refractivity contribution in [3.63, 3.8) is 0 Å². The van der Waals surface area contributed by atoms with Gasteiger partial charge in [-0.2, -0.15) is 0 Å². The molecule has 136 valence electrons. The molecule has 6 nitrogen and oxygen atoms in total. The van der Waals surface area contributed by atoms with E-state index >= 15 is 0 Å². The molecule has 6 heteroatoms. The highest BCUT2D eigenvalue weighted by Crippen LogP contribution is 2.43.